The van der Waals surface area contributed by atoms with Crippen molar-refractivity contribution in [3.63, 3.8) is 0 Å². The minimum absolute atomic E-state index is 0.152. The topological polar surface area (TPSA) is 91.1 Å². The Bertz CT molecular complexity index is 1320. The second-order valence-electron chi connectivity index (χ2n) is 8.89. The molecule has 4 aromatic rings. The van der Waals surface area contributed by atoms with Gasteiger partial charge in [0.2, 0.25) is 5.75 Å². The van der Waals surface area contributed by atoms with E-state index in [0.717, 1.165) is 54.6 Å². The Labute approximate surface area is 200 Å². The summed E-state index contributed by atoms with van der Waals surface area (Å²) in [5, 5.41) is 8.63. The molecular formula is C25H26F3N5O2. The molecule has 1 aliphatic heterocycles. The maximum absolute atomic E-state index is 13.1. The van der Waals surface area contributed by atoms with Crippen LogP contribution in [0.1, 0.15) is 36.9 Å². The number of rotatable bonds is 6. The quantitative estimate of drug-likeness (QED) is 0.389. The Kier molecular flexibility index (Phi) is 6.14. The van der Waals surface area contributed by atoms with Crippen LogP contribution in [-0.4, -0.2) is 34.0 Å². The molecule has 35 heavy (non-hydrogen) atoms. The summed E-state index contributed by atoms with van der Waals surface area (Å²) in [5.41, 5.74) is 8.08. The number of hydrogen-bond acceptors (Lipinski definition) is 6. The Morgan fingerprint density at radius 2 is 2.06 bits per heavy atom. The molecule has 1 fully saturated rings. The number of nitrogens with one attached hydrogen (secondary N) is 1. The van der Waals surface area contributed by atoms with E-state index in [2.05, 4.69) is 15.4 Å². The molecule has 1 atom stereocenters. The second-order valence-corrected chi connectivity index (χ2v) is 8.89. The Hall–Kier alpha value is -3.53. The standard InChI is InChI=1S/C25H26F3N5O2/c1-15(9-16-3-2-4-18(10-16)25(26,27)28)35-23-22-20(12-31-24(23)29)21(14-34-22)17-11-32-33(13-17)19-5-7-30-8-6-19/h2-4,10-15,19,30H,5-9H2,1H3,(H2,29,31). The van der Waals surface area contributed by atoms with Gasteiger partial charge >= 0.3 is 6.18 Å². The molecule has 184 valence electrons. The third-order valence-electron chi connectivity index (χ3n) is 6.29. The third-order valence-corrected chi connectivity index (χ3v) is 6.29. The summed E-state index contributed by atoms with van der Waals surface area (Å²) in [5.74, 6) is 0.429. The first kappa shape index (κ1) is 23.2. The molecule has 0 saturated carbocycles. The van der Waals surface area contributed by atoms with Gasteiger partial charge in [0.25, 0.3) is 0 Å². The summed E-state index contributed by atoms with van der Waals surface area (Å²) in [7, 11) is 0. The first-order chi connectivity index (χ1) is 16.8. The fraction of sp³-hybridized carbons (Fsp3) is 0.360. The van der Waals surface area contributed by atoms with Gasteiger partial charge in [0.15, 0.2) is 11.4 Å². The summed E-state index contributed by atoms with van der Waals surface area (Å²) >= 11 is 0. The van der Waals surface area contributed by atoms with Crippen molar-refractivity contribution in [2.45, 2.75) is 44.5 Å². The van der Waals surface area contributed by atoms with Gasteiger partial charge in [-0.3, -0.25) is 4.68 Å². The molecule has 1 unspecified atom stereocenters. The number of pyridine rings is 1. The Morgan fingerprint density at radius 3 is 2.83 bits per heavy atom. The predicted octanol–water partition coefficient (Wildman–Crippen LogP) is 5.23. The molecule has 10 heteroatoms. The van der Waals surface area contributed by atoms with Crippen LogP contribution in [0.4, 0.5) is 19.0 Å². The highest BCUT2D eigenvalue weighted by atomic mass is 19.4. The summed E-state index contributed by atoms with van der Waals surface area (Å²) < 4.78 is 53.0. The van der Waals surface area contributed by atoms with Gasteiger partial charge in [0.05, 0.1) is 23.2 Å². The number of aromatic nitrogens is 3. The number of benzene rings is 1. The van der Waals surface area contributed by atoms with Gasteiger partial charge in [0.1, 0.15) is 12.4 Å². The van der Waals surface area contributed by atoms with Crippen molar-refractivity contribution in [2.75, 3.05) is 18.8 Å². The van der Waals surface area contributed by atoms with Gasteiger partial charge in [0, 0.05) is 29.9 Å². The molecular weight excluding hydrogens is 459 g/mol. The number of halogens is 3. The van der Waals surface area contributed by atoms with Crippen LogP contribution in [0.3, 0.4) is 0 Å². The van der Waals surface area contributed by atoms with E-state index in [1.807, 2.05) is 10.9 Å². The number of nitrogen functional groups attached to an aromatic ring is 1. The van der Waals surface area contributed by atoms with E-state index in [9.17, 15) is 13.2 Å². The Balaban J connectivity index is 1.38. The van der Waals surface area contributed by atoms with Gasteiger partial charge in [-0.1, -0.05) is 18.2 Å². The molecule has 5 rings (SSSR count). The van der Waals surface area contributed by atoms with Crippen molar-refractivity contribution in [1.29, 1.82) is 0 Å². The van der Waals surface area contributed by atoms with Crippen molar-refractivity contribution in [2.24, 2.45) is 0 Å². The summed E-state index contributed by atoms with van der Waals surface area (Å²) in [6.45, 7) is 3.71. The normalized spacial score (nSPS) is 16.0. The molecule has 0 radical (unpaired) electrons. The number of alkyl halides is 3. The number of nitrogens with two attached hydrogens (primary N) is 1. The van der Waals surface area contributed by atoms with Crippen molar-refractivity contribution < 1.29 is 22.3 Å². The van der Waals surface area contributed by atoms with E-state index in [4.69, 9.17) is 14.9 Å². The molecule has 7 nitrogen and oxygen atoms in total. The second kappa shape index (κ2) is 9.26. The number of fused-ring (bicyclic) bond motifs is 1. The van der Waals surface area contributed by atoms with Crippen LogP contribution in [0.25, 0.3) is 22.1 Å². The number of hydrogen-bond donors (Lipinski definition) is 2. The highest BCUT2D eigenvalue weighted by Gasteiger charge is 2.30. The number of ether oxygens (including phenoxy) is 1. The summed E-state index contributed by atoms with van der Waals surface area (Å²) in [4.78, 5) is 4.28. The predicted molar refractivity (Wildman–Crippen MR) is 126 cm³/mol. The van der Waals surface area contributed by atoms with E-state index in [0.29, 0.717) is 17.2 Å². The zero-order valence-corrected chi connectivity index (χ0v) is 19.2. The third kappa shape index (κ3) is 4.84. The monoisotopic (exact) mass is 485 g/mol. The molecule has 4 heterocycles. The minimum Gasteiger partial charge on any atom is -0.483 e. The largest absolute Gasteiger partial charge is 0.483 e. The molecule has 3 aromatic heterocycles. The SMILES string of the molecule is CC(Cc1cccc(C(F)(F)F)c1)Oc1c(N)ncc2c(-c3cnn(C4CCNCC4)c3)coc12. The molecule has 1 saturated heterocycles. The van der Waals surface area contributed by atoms with E-state index >= 15 is 0 Å². The van der Waals surface area contributed by atoms with Crippen LogP contribution in [0.15, 0.2) is 53.5 Å². The van der Waals surface area contributed by atoms with E-state index in [1.165, 1.54) is 6.07 Å². The molecule has 0 spiro atoms. The van der Waals surface area contributed by atoms with Crippen molar-refractivity contribution >= 4 is 16.8 Å². The lowest BCUT2D eigenvalue weighted by Crippen LogP contribution is -2.29. The smallest absolute Gasteiger partial charge is 0.416 e. The van der Waals surface area contributed by atoms with Crippen molar-refractivity contribution in [1.82, 2.24) is 20.1 Å². The van der Waals surface area contributed by atoms with E-state index in [1.54, 1.807) is 31.6 Å². The van der Waals surface area contributed by atoms with Gasteiger partial charge in [-0.2, -0.15) is 18.3 Å². The lowest BCUT2D eigenvalue weighted by Gasteiger charge is -2.22. The first-order valence-corrected chi connectivity index (χ1v) is 11.5. The van der Waals surface area contributed by atoms with Gasteiger partial charge < -0.3 is 20.2 Å². The van der Waals surface area contributed by atoms with Crippen molar-refractivity contribution in [3.8, 4) is 16.9 Å². The maximum Gasteiger partial charge on any atom is 0.416 e. The number of anilines is 1. The average Bonchev–Trinajstić information content (AvgIpc) is 3.48. The summed E-state index contributed by atoms with van der Waals surface area (Å²) in [6.07, 6.45) is 4.51. The van der Waals surface area contributed by atoms with Crippen LogP contribution in [0, 0.1) is 0 Å². The van der Waals surface area contributed by atoms with Gasteiger partial charge in [-0.15, -0.1) is 0 Å². The van der Waals surface area contributed by atoms with Crippen LogP contribution in [0.5, 0.6) is 5.75 Å². The Morgan fingerprint density at radius 1 is 1.26 bits per heavy atom. The average molecular weight is 486 g/mol. The zero-order valence-electron chi connectivity index (χ0n) is 19.2. The molecule has 3 N–H and O–H groups in total. The van der Waals surface area contributed by atoms with Crippen LogP contribution in [0.2, 0.25) is 0 Å². The van der Waals surface area contributed by atoms with Crippen molar-refractivity contribution in [3.05, 3.63) is 60.2 Å². The lowest BCUT2D eigenvalue weighted by atomic mass is 10.1. The highest BCUT2D eigenvalue weighted by Crippen LogP contribution is 2.38. The van der Waals surface area contributed by atoms with Gasteiger partial charge in [-0.05, 0) is 44.5 Å². The van der Waals surface area contributed by atoms with Crippen LogP contribution >= 0.6 is 0 Å². The fourth-order valence-corrected chi connectivity index (χ4v) is 4.52. The van der Waals surface area contributed by atoms with E-state index < -0.39 is 17.8 Å². The highest BCUT2D eigenvalue weighted by molar-refractivity contribution is 5.97. The number of piperidine rings is 1. The van der Waals surface area contributed by atoms with E-state index in [-0.39, 0.29) is 18.0 Å². The fourth-order valence-electron chi connectivity index (χ4n) is 4.52. The molecule has 0 amide bonds. The molecule has 1 aromatic carbocycles. The van der Waals surface area contributed by atoms with Gasteiger partial charge in [-0.25, -0.2) is 4.98 Å². The number of nitrogens with zero attached hydrogens (tertiary/aromatic N) is 3. The molecule has 0 bridgehead atoms. The molecule has 1 aliphatic rings. The lowest BCUT2D eigenvalue weighted by molar-refractivity contribution is -0.137. The molecule has 0 aliphatic carbocycles. The number of furan rings is 1. The van der Waals surface area contributed by atoms with Crippen LogP contribution < -0.4 is 15.8 Å². The minimum atomic E-state index is -4.40. The zero-order chi connectivity index (χ0) is 24.6. The van der Waals surface area contributed by atoms with Crippen LogP contribution in [-0.2, 0) is 12.6 Å². The summed E-state index contributed by atoms with van der Waals surface area (Å²) in [6, 6.07) is 5.57. The first-order valence-electron chi connectivity index (χ1n) is 11.5. The maximum atomic E-state index is 13.1.